The molecule has 1 saturated carbocycles. The number of carbonyl (C=O) groups is 1. The molecule has 146 valence electrons. The summed E-state index contributed by atoms with van der Waals surface area (Å²) >= 11 is 6.19. The highest BCUT2D eigenvalue weighted by Crippen LogP contribution is 2.45. The fourth-order valence-corrected chi connectivity index (χ4v) is 4.32. The van der Waals surface area contributed by atoms with Crippen LogP contribution in [0.3, 0.4) is 0 Å². The molecule has 1 amide bonds. The number of halogens is 1. The van der Waals surface area contributed by atoms with Crippen molar-refractivity contribution in [3.63, 3.8) is 0 Å². The zero-order valence-electron chi connectivity index (χ0n) is 15.5. The summed E-state index contributed by atoms with van der Waals surface area (Å²) in [7, 11) is 0. The quantitative estimate of drug-likeness (QED) is 0.548. The molecule has 2 aliphatic rings. The Morgan fingerprint density at radius 1 is 1.17 bits per heavy atom. The Bertz CT molecular complexity index is 1090. The zero-order valence-corrected chi connectivity index (χ0v) is 16.2. The molecule has 0 spiro atoms. The SMILES string of the molecule is O=C(c1cccnc1Cl)N1N=C2C(=Cc3ccco3)CCCC2C1c1ccco1. The summed E-state index contributed by atoms with van der Waals surface area (Å²) < 4.78 is 11.2. The minimum Gasteiger partial charge on any atom is -0.467 e. The molecule has 3 aromatic heterocycles. The van der Waals surface area contributed by atoms with Crippen LogP contribution in [0.4, 0.5) is 0 Å². The third kappa shape index (κ3) is 3.19. The number of pyridine rings is 1. The fourth-order valence-electron chi connectivity index (χ4n) is 4.12. The molecule has 2 unspecified atom stereocenters. The van der Waals surface area contributed by atoms with Crippen molar-refractivity contribution in [1.29, 1.82) is 0 Å². The monoisotopic (exact) mass is 407 g/mol. The number of hydrogen-bond donors (Lipinski definition) is 0. The number of hydrazone groups is 1. The van der Waals surface area contributed by atoms with Crippen LogP contribution in [0.25, 0.3) is 6.08 Å². The van der Waals surface area contributed by atoms with E-state index in [2.05, 4.69) is 4.98 Å². The number of amides is 1. The topological polar surface area (TPSA) is 71.8 Å². The van der Waals surface area contributed by atoms with Crippen LogP contribution in [-0.4, -0.2) is 21.6 Å². The van der Waals surface area contributed by atoms with Crippen LogP contribution in [0.5, 0.6) is 0 Å². The molecule has 1 aliphatic carbocycles. The van der Waals surface area contributed by atoms with Gasteiger partial charge in [0.1, 0.15) is 22.7 Å². The Balaban J connectivity index is 1.59. The molecular formula is C22H18ClN3O3. The fraction of sp³-hybridized carbons (Fsp3) is 0.227. The Hall–Kier alpha value is -3.12. The molecule has 29 heavy (non-hydrogen) atoms. The number of aromatic nitrogens is 1. The zero-order chi connectivity index (χ0) is 19.8. The molecule has 4 heterocycles. The van der Waals surface area contributed by atoms with Crippen LogP contribution in [0, 0.1) is 5.92 Å². The van der Waals surface area contributed by atoms with Gasteiger partial charge in [0, 0.05) is 12.1 Å². The van der Waals surface area contributed by atoms with Crippen LogP contribution in [0.2, 0.25) is 5.15 Å². The molecule has 0 bridgehead atoms. The van der Waals surface area contributed by atoms with Crippen molar-refractivity contribution in [2.24, 2.45) is 11.0 Å². The Morgan fingerprint density at radius 2 is 2.03 bits per heavy atom. The third-order valence-electron chi connectivity index (χ3n) is 5.39. The maximum atomic E-state index is 13.4. The molecule has 2 atom stereocenters. The van der Waals surface area contributed by atoms with Gasteiger partial charge in [-0.2, -0.15) is 5.10 Å². The standard InChI is InChI=1S/C22H18ClN3O3/c23-21-17(8-2-10-24-21)22(27)26-20(18-9-4-12-29-18)16-7-1-5-14(19(16)25-26)13-15-6-3-11-28-15/h2-4,6,8-13,16,20H,1,5,7H2. The summed E-state index contributed by atoms with van der Waals surface area (Å²) in [5.41, 5.74) is 2.31. The van der Waals surface area contributed by atoms with Gasteiger partial charge < -0.3 is 8.83 Å². The predicted octanol–water partition coefficient (Wildman–Crippen LogP) is 5.36. The van der Waals surface area contributed by atoms with Crippen LogP contribution in [0.1, 0.15) is 47.2 Å². The molecule has 1 aliphatic heterocycles. The van der Waals surface area contributed by atoms with Gasteiger partial charge in [0.25, 0.3) is 5.91 Å². The van der Waals surface area contributed by atoms with E-state index < -0.39 is 0 Å². The number of hydrogen-bond acceptors (Lipinski definition) is 5. The van der Waals surface area contributed by atoms with Crippen LogP contribution in [0.15, 0.2) is 74.6 Å². The smallest absolute Gasteiger partial charge is 0.277 e. The van der Waals surface area contributed by atoms with Crippen molar-refractivity contribution in [2.45, 2.75) is 25.3 Å². The Morgan fingerprint density at radius 3 is 2.79 bits per heavy atom. The van der Waals surface area contributed by atoms with Crippen molar-refractivity contribution in [2.75, 3.05) is 0 Å². The molecule has 6 nitrogen and oxygen atoms in total. The van der Waals surface area contributed by atoms with Crippen LogP contribution < -0.4 is 0 Å². The first-order valence-corrected chi connectivity index (χ1v) is 9.90. The van der Waals surface area contributed by atoms with Gasteiger partial charge in [0.2, 0.25) is 0 Å². The summed E-state index contributed by atoms with van der Waals surface area (Å²) in [6.45, 7) is 0. The molecule has 0 radical (unpaired) electrons. The van der Waals surface area contributed by atoms with Gasteiger partial charge >= 0.3 is 0 Å². The Kier molecular flexibility index (Phi) is 4.56. The first kappa shape index (κ1) is 17.9. The lowest BCUT2D eigenvalue weighted by Gasteiger charge is -2.27. The van der Waals surface area contributed by atoms with E-state index in [0.29, 0.717) is 11.3 Å². The van der Waals surface area contributed by atoms with Gasteiger partial charge in [0.15, 0.2) is 0 Å². The largest absolute Gasteiger partial charge is 0.467 e. The normalized spacial score (nSPS) is 22.6. The summed E-state index contributed by atoms with van der Waals surface area (Å²) in [6.07, 6.45) is 9.65. The molecule has 5 rings (SSSR count). The van der Waals surface area contributed by atoms with Crippen molar-refractivity contribution in [1.82, 2.24) is 9.99 Å². The molecular weight excluding hydrogens is 390 g/mol. The second kappa shape index (κ2) is 7.37. The van der Waals surface area contributed by atoms with Gasteiger partial charge in [-0.05, 0) is 67.3 Å². The highest BCUT2D eigenvalue weighted by atomic mass is 35.5. The van der Waals surface area contributed by atoms with E-state index in [-0.39, 0.29) is 23.0 Å². The minimum atomic E-state index is -0.316. The summed E-state index contributed by atoms with van der Waals surface area (Å²) in [5, 5.41) is 6.44. The molecule has 0 aromatic carbocycles. The van der Waals surface area contributed by atoms with Crippen LogP contribution in [-0.2, 0) is 0 Å². The summed E-state index contributed by atoms with van der Waals surface area (Å²) in [6, 6.07) is 10.5. The predicted molar refractivity (Wildman–Crippen MR) is 108 cm³/mol. The second-order valence-electron chi connectivity index (χ2n) is 7.12. The Labute approximate surface area is 172 Å². The molecule has 0 saturated heterocycles. The van der Waals surface area contributed by atoms with E-state index in [4.69, 9.17) is 25.5 Å². The van der Waals surface area contributed by atoms with Crippen molar-refractivity contribution in [3.05, 3.63) is 82.9 Å². The van der Waals surface area contributed by atoms with E-state index in [1.165, 1.54) is 5.01 Å². The van der Waals surface area contributed by atoms with Gasteiger partial charge in [-0.1, -0.05) is 11.6 Å². The van der Waals surface area contributed by atoms with Crippen molar-refractivity contribution >= 4 is 29.3 Å². The third-order valence-corrected chi connectivity index (χ3v) is 5.69. The molecule has 7 heteroatoms. The number of furan rings is 2. The number of allylic oxidation sites excluding steroid dienone is 1. The number of fused-ring (bicyclic) bond motifs is 1. The first-order chi connectivity index (χ1) is 14.2. The summed E-state index contributed by atoms with van der Waals surface area (Å²) in [4.78, 5) is 17.4. The maximum Gasteiger partial charge on any atom is 0.277 e. The average Bonchev–Trinajstić information content (AvgIpc) is 3.48. The number of carbonyl (C=O) groups excluding carboxylic acids is 1. The highest BCUT2D eigenvalue weighted by Gasteiger charge is 2.45. The number of rotatable bonds is 3. The lowest BCUT2D eigenvalue weighted by Crippen LogP contribution is -2.31. The van der Waals surface area contributed by atoms with E-state index in [9.17, 15) is 4.79 Å². The van der Waals surface area contributed by atoms with Gasteiger partial charge in [0.05, 0.1) is 23.8 Å². The first-order valence-electron chi connectivity index (χ1n) is 9.53. The van der Waals surface area contributed by atoms with E-state index >= 15 is 0 Å². The molecule has 0 N–H and O–H groups in total. The van der Waals surface area contributed by atoms with E-state index in [0.717, 1.165) is 36.3 Å². The summed E-state index contributed by atoms with van der Waals surface area (Å²) in [5.74, 6) is 1.25. The van der Waals surface area contributed by atoms with E-state index in [1.807, 2.05) is 30.3 Å². The molecule has 3 aromatic rings. The lowest BCUT2D eigenvalue weighted by molar-refractivity contribution is 0.0656. The average molecular weight is 408 g/mol. The number of nitrogens with zero attached hydrogens (tertiary/aromatic N) is 3. The van der Waals surface area contributed by atoms with Crippen LogP contribution >= 0.6 is 11.6 Å². The van der Waals surface area contributed by atoms with Gasteiger partial charge in [-0.3, -0.25) is 4.79 Å². The minimum absolute atomic E-state index is 0.0514. The molecule has 1 fully saturated rings. The van der Waals surface area contributed by atoms with E-state index in [1.54, 1.807) is 30.9 Å². The maximum absolute atomic E-state index is 13.4. The highest BCUT2D eigenvalue weighted by molar-refractivity contribution is 6.32. The lowest BCUT2D eigenvalue weighted by atomic mass is 9.79. The second-order valence-corrected chi connectivity index (χ2v) is 7.48. The van der Waals surface area contributed by atoms with Gasteiger partial charge in [-0.25, -0.2) is 9.99 Å². The van der Waals surface area contributed by atoms with Gasteiger partial charge in [-0.15, -0.1) is 0 Å². The van der Waals surface area contributed by atoms with Crippen molar-refractivity contribution in [3.8, 4) is 0 Å². The van der Waals surface area contributed by atoms with Crippen molar-refractivity contribution < 1.29 is 13.6 Å².